The van der Waals surface area contributed by atoms with E-state index in [-0.39, 0.29) is 5.91 Å². The summed E-state index contributed by atoms with van der Waals surface area (Å²) in [5.74, 6) is 0.819. The summed E-state index contributed by atoms with van der Waals surface area (Å²) in [6.07, 6.45) is 4.84. The van der Waals surface area contributed by atoms with E-state index in [1.165, 1.54) is 0 Å². The molecule has 90 valence electrons. The van der Waals surface area contributed by atoms with Crippen molar-refractivity contribution < 1.29 is 4.79 Å². The molecule has 0 aromatic carbocycles. The summed E-state index contributed by atoms with van der Waals surface area (Å²) < 4.78 is 3.36. The van der Waals surface area contributed by atoms with Crippen molar-refractivity contribution in [3.8, 4) is 0 Å². The van der Waals surface area contributed by atoms with Gasteiger partial charge in [0.15, 0.2) is 5.82 Å². The summed E-state index contributed by atoms with van der Waals surface area (Å²) >= 11 is 5.84. The molecular weight excluding hydrogens is 242 g/mol. The number of aryl methyl sites for hydroxylation is 1. The fourth-order valence-electron chi connectivity index (χ4n) is 1.41. The van der Waals surface area contributed by atoms with E-state index in [2.05, 4.69) is 15.3 Å². The van der Waals surface area contributed by atoms with E-state index in [1.54, 1.807) is 41.8 Å². The third kappa shape index (κ3) is 2.31. The Hall–Kier alpha value is -1.82. The SMILES string of the molecule is Cn1ccnc1C(=O)NCc1ncc(Cl)n1C. The van der Waals surface area contributed by atoms with Gasteiger partial charge in [0.05, 0.1) is 12.7 Å². The number of halogens is 1. The number of amides is 1. The van der Waals surface area contributed by atoms with E-state index in [0.29, 0.717) is 23.3 Å². The van der Waals surface area contributed by atoms with Crippen LogP contribution < -0.4 is 5.32 Å². The Morgan fingerprint density at radius 3 is 2.76 bits per heavy atom. The van der Waals surface area contributed by atoms with Crippen LogP contribution in [0.2, 0.25) is 5.15 Å². The third-order valence-corrected chi connectivity index (χ3v) is 2.81. The van der Waals surface area contributed by atoms with Crippen molar-refractivity contribution in [3.05, 3.63) is 35.4 Å². The Morgan fingerprint density at radius 1 is 1.47 bits per heavy atom. The zero-order valence-corrected chi connectivity index (χ0v) is 10.3. The number of rotatable bonds is 3. The number of nitrogens with zero attached hydrogens (tertiary/aromatic N) is 4. The van der Waals surface area contributed by atoms with Gasteiger partial charge in [-0.25, -0.2) is 9.97 Å². The maximum atomic E-state index is 11.8. The highest BCUT2D eigenvalue weighted by Gasteiger charge is 2.11. The molecule has 2 aromatic rings. The number of hydrogen-bond donors (Lipinski definition) is 1. The molecule has 1 amide bonds. The predicted octanol–water partition coefficient (Wildman–Crippen LogP) is 0.737. The average molecular weight is 254 g/mol. The monoisotopic (exact) mass is 253 g/mol. The molecule has 0 unspecified atom stereocenters. The summed E-state index contributed by atoms with van der Waals surface area (Å²) in [4.78, 5) is 19.8. The molecule has 2 heterocycles. The minimum absolute atomic E-state index is 0.239. The third-order valence-electron chi connectivity index (χ3n) is 2.46. The molecule has 0 bridgehead atoms. The van der Waals surface area contributed by atoms with E-state index >= 15 is 0 Å². The van der Waals surface area contributed by atoms with Crippen LogP contribution in [-0.4, -0.2) is 25.0 Å². The fraction of sp³-hybridized carbons (Fsp3) is 0.300. The lowest BCUT2D eigenvalue weighted by Gasteiger charge is -2.05. The molecule has 17 heavy (non-hydrogen) atoms. The summed E-state index contributed by atoms with van der Waals surface area (Å²) in [6, 6.07) is 0. The van der Waals surface area contributed by atoms with Gasteiger partial charge in [-0.2, -0.15) is 0 Å². The number of carbonyl (C=O) groups is 1. The second kappa shape index (κ2) is 4.58. The standard InChI is InChI=1S/C10H12ClN5O/c1-15-4-3-12-9(15)10(17)14-6-8-13-5-7(11)16(8)2/h3-5H,6H2,1-2H3,(H,14,17). The predicted molar refractivity (Wildman–Crippen MR) is 62.6 cm³/mol. The molecule has 0 aliphatic rings. The van der Waals surface area contributed by atoms with Crippen LogP contribution in [0.3, 0.4) is 0 Å². The molecule has 0 saturated heterocycles. The molecule has 7 heteroatoms. The number of carbonyl (C=O) groups excluding carboxylic acids is 1. The molecule has 0 saturated carbocycles. The van der Waals surface area contributed by atoms with Crippen LogP contribution >= 0.6 is 11.6 Å². The second-order valence-electron chi connectivity index (χ2n) is 3.60. The molecule has 2 rings (SSSR count). The van der Waals surface area contributed by atoms with Gasteiger partial charge >= 0.3 is 0 Å². The van der Waals surface area contributed by atoms with Crippen molar-refractivity contribution in [3.63, 3.8) is 0 Å². The lowest BCUT2D eigenvalue weighted by atomic mass is 10.5. The average Bonchev–Trinajstić information content (AvgIpc) is 2.85. The Balaban J connectivity index is 2.02. The number of nitrogens with one attached hydrogen (secondary N) is 1. The largest absolute Gasteiger partial charge is 0.342 e. The lowest BCUT2D eigenvalue weighted by molar-refractivity contribution is 0.0936. The van der Waals surface area contributed by atoms with Gasteiger partial charge in [0, 0.05) is 26.5 Å². The Kier molecular flexibility index (Phi) is 3.14. The van der Waals surface area contributed by atoms with Crippen LogP contribution in [0.5, 0.6) is 0 Å². The smallest absolute Gasteiger partial charge is 0.287 e. The second-order valence-corrected chi connectivity index (χ2v) is 3.99. The van der Waals surface area contributed by atoms with Crippen LogP contribution in [0.25, 0.3) is 0 Å². The highest BCUT2D eigenvalue weighted by molar-refractivity contribution is 6.29. The minimum Gasteiger partial charge on any atom is -0.342 e. The number of aromatic nitrogens is 4. The van der Waals surface area contributed by atoms with E-state index in [9.17, 15) is 4.79 Å². The zero-order chi connectivity index (χ0) is 12.4. The van der Waals surface area contributed by atoms with Gasteiger partial charge in [-0.15, -0.1) is 0 Å². The van der Waals surface area contributed by atoms with Crippen molar-refractivity contribution in [2.75, 3.05) is 0 Å². The molecular formula is C10H12ClN5O. The Bertz CT molecular complexity index is 545. The topological polar surface area (TPSA) is 64.7 Å². The summed E-state index contributed by atoms with van der Waals surface area (Å²) in [7, 11) is 3.55. The van der Waals surface area contributed by atoms with Gasteiger partial charge < -0.3 is 14.5 Å². The highest BCUT2D eigenvalue weighted by Crippen LogP contribution is 2.08. The number of hydrogen-bond acceptors (Lipinski definition) is 3. The van der Waals surface area contributed by atoms with E-state index in [4.69, 9.17) is 11.6 Å². The first-order valence-corrected chi connectivity index (χ1v) is 5.39. The van der Waals surface area contributed by atoms with Gasteiger partial charge in [0.2, 0.25) is 0 Å². The zero-order valence-electron chi connectivity index (χ0n) is 9.51. The van der Waals surface area contributed by atoms with Crippen molar-refractivity contribution in [2.24, 2.45) is 14.1 Å². The maximum absolute atomic E-state index is 11.8. The first-order chi connectivity index (χ1) is 8.09. The highest BCUT2D eigenvalue weighted by atomic mass is 35.5. The van der Waals surface area contributed by atoms with E-state index in [0.717, 1.165) is 0 Å². The molecule has 0 atom stereocenters. The van der Waals surface area contributed by atoms with Crippen molar-refractivity contribution in [1.29, 1.82) is 0 Å². The normalized spacial score (nSPS) is 10.5. The molecule has 6 nitrogen and oxygen atoms in total. The van der Waals surface area contributed by atoms with Gasteiger partial charge in [-0.1, -0.05) is 11.6 Å². The van der Waals surface area contributed by atoms with Crippen molar-refractivity contribution in [2.45, 2.75) is 6.54 Å². The van der Waals surface area contributed by atoms with Crippen LogP contribution in [0, 0.1) is 0 Å². The molecule has 0 fully saturated rings. The molecule has 2 aromatic heterocycles. The molecule has 1 N–H and O–H groups in total. The lowest BCUT2D eigenvalue weighted by Crippen LogP contribution is -2.26. The molecule has 0 aliphatic heterocycles. The Labute approximate surface area is 103 Å². The number of imidazole rings is 2. The van der Waals surface area contributed by atoms with Gasteiger partial charge in [-0.3, -0.25) is 4.79 Å². The van der Waals surface area contributed by atoms with Crippen LogP contribution in [-0.2, 0) is 20.6 Å². The summed E-state index contributed by atoms with van der Waals surface area (Å²) in [5, 5.41) is 3.27. The van der Waals surface area contributed by atoms with Crippen LogP contribution in [0.15, 0.2) is 18.6 Å². The summed E-state index contributed by atoms with van der Waals surface area (Å²) in [6.45, 7) is 0.314. The molecule has 0 aliphatic carbocycles. The Morgan fingerprint density at radius 2 is 2.24 bits per heavy atom. The van der Waals surface area contributed by atoms with Crippen LogP contribution in [0.4, 0.5) is 0 Å². The quantitative estimate of drug-likeness (QED) is 0.877. The summed E-state index contributed by atoms with van der Waals surface area (Å²) in [5.41, 5.74) is 0. The van der Waals surface area contributed by atoms with E-state index in [1.807, 2.05) is 0 Å². The molecule has 0 radical (unpaired) electrons. The van der Waals surface area contributed by atoms with Crippen LogP contribution in [0.1, 0.15) is 16.4 Å². The van der Waals surface area contributed by atoms with Crippen molar-refractivity contribution in [1.82, 2.24) is 24.4 Å². The van der Waals surface area contributed by atoms with E-state index < -0.39 is 0 Å². The fourth-order valence-corrected chi connectivity index (χ4v) is 1.56. The first kappa shape index (κ1) is 11.7. The molecule has 0 spiro atoms. The van der Waals surface area contributed by atoms with Gasteiger partial charge in [-0.05, 0) is 0 Å². The van der Waals surface area contributed by atoms with Gasteiger partial charge in [0.25, 0.3) is 5.91 Å². The van der Waals surface area contributed by atoms with Crippen molar-refractivity contribution >= 4 is 17.5 Å². The first-order valence-electron chi connectivity index (χ1n) is 5.01. The minimum atomic E-state index is -0.239. The maximum Gasteiger partial charge on any atom is 0.287 e. The van der Waals surface area contributed by atoms with Gasteiger partial charge in [0.1, 0.15) is 11.0 Å².